The number of rotatable bonds is 6. The SMILES string of the molecule is CC(C)c1nc(C[S@@](=O)[C@@H](C)C(=O)NC2CCCC2)cs1. The molecule has 1 saturated carbocycles. The minimum Gasteiger partial charge on any atom is -0.352 e. The highest BCUT2D eigenvalue weighted by Gasteiger charge is 2.25. The Kier molecular flexibility index (Phi) is 5.93. The van der Waals surface area contributed by atoms with E-state index in [1.165, 1.54) is 12.8 Å². The zero-order chi connectivity index (χ0) is 15.4. The Hall–Kier alpha value is -0.750. The number of aromatic nitrogens is 1. The van der Waals surface area contributed by atoms with Gasteiger partial charge in [0.1, 0.15) is 5.25 Å². The molecule has 2 rings (SSSR count). The van der Waals surface area contributed by atoms with Crippen molar-refractivity contribution in [1.82, 2.24) is 10.3 Å². The molecule has 1 fully saturated rings. The number of nitrogens with one attached hydrogen (secondary N) is 1. The lowest BCUT2D eigenvalue weighted by Crippen LogP contribution is -2.40. The number of hydrogen-bond acceptors (Lipinski definition) is 4. The van der Waals surface area contributed by atoms with E-state index in [9.17, 15) is 9.00 Å². The van der Waals surface area contributed by atoms with Crippen LogP contribution in [0, 0.1) is 0 Å². The topological polar surface area (TPSA) is 59.1 Å². The molecule has 1 heterocycles. The van der Waals surface area contributed by atoms with Crippen LogP contribution in [0.15, 0.2) is 5.38 Å². The van der Waals surface area contributed by atoms with Gasteiger partial charge in [0.2, 0.25) is 5.91 Å². The maximum absolute atomic E-state index is 12.3. The second kappa shape index (κ2) is 7.49. The summed E-state index contributed by atoms with van der Waals surface area (Å²) < 4.78 is 12.3. The van der Waals surface area contributed by atoms with Crippen LogP contribution in [-0.4, -0.2) is 26.4 Å². The third-order valence-electron chi connectivity index (χ3n) is 3.82. The Morgan fingerprint density at radius 2 is 2.10 bits per heavy atom. The zero-order valence-electron chi connectivity index (χ0n) is 12.9. The van der Waals surface area contributed by atoms with E-state index >= 15 is 0 Å². The van der Waals surface area contributed by atoms with Crippen LogP contribution in [0.3, 0.4) is 0 Å². The number of nitrogens with zero attached hydrogens (tertiary/aromatic N) is 1. The van der Waals surface area contributed by atoms with E-state index in [0.29, 0.717) is 11.7 Å². The van der Waals surface area contributed by atoms with E-state index in [1.807, 2.05) is 5.38 Å². The molecule has 0 saturated heterocycles. The van der Waals surface area contributed by atoms with Crippen LogP contribution in [0.2, 0.25) is 0 Å². The van der Waals surface area contributed by atoms with Crippen LogP contribution >= 0.6 is 11.3 Å². The lowest BCUT2D eigenvalue weighted by Gasteiger charge is -2.16. The molecule has 21 heavy (non-hydrogen) atoms. The molecule has 1 aromatic rings. The van der Waals surface area contributed by atoms with Gasteiger partial charge in [-0.15, -0.1) is 11.3 Å². The maximum atomic E-state index is 12.3. The standard InChI is InChI=1S/C15H24N2O2S2/c1-10(2)15-17-13(8-20-15)9-21(19)11(3)14(18)16-12-6-4-5-7-12/h8,10-12H,4-7,9H2,1-3H3,(H,16,18)/t11-,21+/m0/s1. The van der Waals surface area contributed by atoms with Gasteiger partial charge in [0.25, 0.3) is 0 Å². The minimum absolute atomic E-state index is 0.0838. The van der Waals surface area contributed by atoms with E-state index in [1.54, 1.807) is 18.3 Å². The number of carbonyl (C=O) groups is 1. The van der Waals surface area contributed by atoms with Gasteiger partial charge in [-0.2, -0.15) is 0 Å². The number of carbonyl (C=O) groups excluding carboxylic acids is 1. The zero-order valence-corrected chi connectivity index (χ0v) is 14.6. The van der Waals surface area contributed by atoms with Crippen molar-refractivity contribution in [1.29, 1.82) is 0 Å². The smallest absolute Gasteiger partial charge is 0.235 e. The van der Waals surface area contributed by atoms with Gasteiger partial charge in [-0.3, -0.25) is 9.00 Å². The first-order chi connectivity index (χ1) is 9.97. The Bertz CT molecular complexity index is 508. The predicted octanol–water partition coefficient (Wildman–Crippen LogP) is 2.96. The van der Waals surface area contributed by atoms with Gasteiger partial charge in [0.15, 0.2) is 0 Å². The number of hydrogen-bond donors (Lipinski definition) is 1. The monoisotopic (exact) mass is 328 g/mol. The number of amides is 1. The molecule has 0 aromatic carbocycles. The molecule has 0 spiro atoms. The minimum atomic E-state index is -1.21. The van der Waals surface area contributed by atoms with Crippen LogP contribution in [-0.2, 0) is 21.3 Å². The lowest BCUT2D eigenvalue weighted by atomic mass is 10.2. The van der Waals surface area contributed by atoms with Crippen LogP contribution in [0.1, 0.15) is 63.1 Å². The highest BCUT2D eigenvalue weighted by Crippen LogP contribution is 2.21. The summed E-state index contributed by atoms with van der Waals surface area (Å²) in [7, 11) is -1.21. The molecule has 0 unspecified atom stereocenters. The van der Waals surface area contributed by atoms with Crippen molar-refractivity contribution >= 4 is 28.0 Å². The van der Waals surface area contributed by atoms with E-state index in [4.69, 9.17) is 0 Å². The van der Waals surface area contributed by atoms with Gasteiger partial charge in [-0.1, -0.05) is 26.7 Å². The second-order valence-corrected chi connectivity index (χ2v) is 8.64. The number of thiazole rings is 1. The maximum Gasteiger partial charge on any atom is 0.235 e. The first-order valence-corrected chi connectivity index (χ1v) is 9.85. The lowest BCUT2D eigenvalue weighted by molar-refractivity contribution is -0.121. The van der Waals surface area contributed by atoms with Gasteiger partial charge in [0, 0.05) is 28.1 Å². The first-order valence-electron chi connectivity index (χ1n) is 7.59. The van der Waals surface area contributed by atoms with Crippen molar-refractivity contribution in [3.63, 3.8) is 0 Å². The van der Waals surface area contributed by atoms with Crippen molar-refractivity contribution < 1.29 is 9.00 Å². The highest BCUT2D eigenvalue weighted by molar-refractivity contribution is 7.85. The van der Waals surface area contributed by atoms with E-state index < -0.39 is 16.0 Å². The summed E-state index contributed by atoms with van der Waals surface area (Å²) in [5, 5.41) is 5.56. The molecule has 1 aromatic heterocycles. The quantitative estimate of drug-likeness (QED) is 0.873. The summed E-state index contributed by atoms with van der Waals surface area (Å²) in [5.74, 6) is 0.669. The van der Waals surface area contributed by atoms with E-state index in [0.717, 1.165) is 23.5 Å². The molecule has 6 heteroatoms. The molecule has 0 aliphatic heterocycles. The van der Waals surface area contributed by atoms with Gasteiger partial charge >= 0.3 is 0 Å². The summed E-state index contributed by atoms with van der Waals surface area (Å²) >= 11 is 1.60. The molecule has 1 aliphatic rings. The molecule has 4 nitrogen and oxygen atoms in total. The molecular formula is C15H24N2O2S2. The van der Waals surface area contributed by atoms with Crippen molar-refractivity contribution in [2.75, 3.05) is 0 Å². The molecule has 0 radical (unpaired) electrons. The highest BCUT2D eigenvalue weighted by atomic mass is 32.2. The van der Waals surface area contributed by atoms with Crippen molar-refractivity contribution in [2.24, 2.45) is 0 Å². The predicted molar refractivity (Wildman–Crippen MR) is 87.9 cm³/mol. The first kappa shape index (κ1) is 16.6. The van der Waals surface area contributed by atoms with Crippen molar-refractivity contribution in [3.05, 3.63) is 16.1 Å². The van der Waals surface area contributed by atoms with Crippen LogP contribution in [0.4, 0.5) is 0 Å². The van der Waals surface area contributed by atoms with Gasteiger partial charge in [0.05, 0.1) is 16.5 Å². The average molecular weight is 329 g/mol. The van der Waals surface area contributed by atoms with Crippen LogP contribution in [0.25, 0.3) is 0 Å². The largest absolute Gasteiger partial charge is 0.352 e. The Balaban J connectivity index is 1.87. The molecule has 118 valence electrons. The molecule has 1 N–H and O–H groups in total. The summed E-state index contributed by atoms with van der Waals surface area (Å²) in [6, 6.07) is 0.281. The van der Waals surface area contributed by atoms with Crippen LogP contribution < -0.4 is 5.32 Å². The molecule has 1 aliphatic carbocycles. The fourth-order valence-electron chi connectivity index (χ4n) is 2.43. The van der Waals surface area contributed by atoms with Gasteiger partial charge in [-0.05, 0) is 19.8 Å². The Morgan fingerprint density at radius 3 is 2.67 bits per heavy atom. The third-order valence-corrected chi connectivity index (χ3v) is 6.60. The molecular weight excluding hydrogens is 304 g/mol. The fraction of sp³-hybridized carbons (Fsp3) is 0.733. The molecule has 0 bridgehead atoms. The Morgan fingerprint density at radius 1 is 1.43 bits per heavy atom. The summed E-state index contributed by atoms with van der Waals surface area (Å²) in [4.78, 5) is 16.6. The summed E-state index contributed by atoms with van der Waals surface area (Å²) in [6.45, 7) is 5.94. The second-order valence-electron chi connectivity index (χ2n) is 5.99. The average Bonchev–Trinajstić information content (AvgIpc) is 3.09. The van der Waals surface area contributed by atoms with Crippen LogP contribution in [0.5, 0.6) is 0 Å². The Labute approximate surface area is 133 Å². The van der Waals surface area contributed by atoms with E-state index in [-0.39, 0.29) is 11.9 Å². The van der Waals surface area contributed by atoms with Gasteiger partial charge in [-0.25, -0.2) is 4.98 Å². The summed E-state index contributed by atoms with van der Waals surface area (Å²) in [6.07, 6.45) is 4.46. The summed E-state index contributed by atoms with van der Waals surface area (Å²) in [5.41, 5.74) is 0.836. The van der Waals surface area contributed by atoms with Crippen molar-refractivity contribution in [3.8, 4) is 0 Å². The van der Waals surface area contributed by atoms with Gasteiger partial charge < -0.3 is 5.32 Å². The molecule has 2 atom stereocenters. The molecule has 1 amide bonds. The third kappa shape index (κ3) is 4.61. The van der Waals surface area contributed by atoms with E-state index in [2.05, 4.69) is 24.1 Å². The normalized spacial score (nSPS) is 18.9. The van der Waals surface area contributed by atoms with Crippen molar-refractivity contribution in [2.45, 2.75) is 69.4 Å². The fourth-order valence-corrected chi connectivity index (χ4v) is 4.37.